The largest absolute Gasteiger partial charge is 0.480 e. The highest BCUT2D eigenvalue weighted by Gasteiger charge is 2.69. The molecule has 0 spiro atoms. The Bertz CT molecular complexity index is 1350. The lowest BCUT2D eigenvalue weighted by Gasteiger charge is -2.71. The van der Waals surface area contributed by atoms with Crippen molar-refractivity contribution < 1.29 is 29.0 Å². The Labute approximate surface area is 295 Å². The fraction of sp³-hybridized carbons (Fsp3) is 0.854. The monoisotopic (exact) mass is 682 g/mol. The Morgan fingerprint density at radius 2 is 1.59 bits per heavy atom. The molecule has 9 atom stereocenters. The normalized spacial score (nSPS) is 39.4. The smallest absolute Gasteiger partial charge is 0.325 e. The number of amides is 2. The molecule has 5 aliphatic rings. The molecule has 0 saturated heterocycles. The topological polar surface area (TPSA) is 122 Å². The molecule has 0 aromatic heterocycles. The van der Waals surface area contributed by atoms with E-state index in [9.17, 15) is 19.2 Å². The Morgan fingerprint density at radius 3 is 2.27 bits per heavy atom. The van der Waals surface area contributed by atoms with Gasteiger partial charge in [0, 0.05) is 25.3 Å². The van der Waals surface area contributed by atoms with Gasteiger partial charge in [0.05, 0.1) is 5.41 Å². The lowest BCUT2D eigenvalue weighted by Crippen LogP contribution is -2.65. The van der Waals surface area contributed by atoms with E-state index in [0.29, 0.717) is 31.2 Å². The predicted molar refractivity (Wildman–Crippen MR) is 191 cm³/mol. The molecule has 3 unspecified atom stereocenters. The summed E-state index contributed by atoms with van der Waals surface area (Å²) in [5, 5.41) is 14.9. The predicted octanol–water partition coefficient (Wildman–Crippen LogP) is 7.99. The molecule has 0 aromatic carbocycles. The van der Waals surface area contributed by atoms with Crippen LogP contribution in [0.25, 0.3) is 0 Å². The number of hydrogen-bond acceptors (Lipinski definition) is 5. The molecule has 0 bridgehead atoms. The number of unbranched alkanes of at least 4 members (excludes halogenated alkanes) is 2. The average Bonchev–Trinajstić information content (AvgIpc) is 3.00. The first-order valence-electron chi connectivity index (χ1n) is 19.4. The zero-order chi connectivity index (χ0) is 36.2. The summed E-state index contributed by atoms with van der Waals surface area (Å²) in [4.78, 5) is 49.5. The third kappa shape index (κ3) is 6.49. The molecule has 4 fully saturated rings. The number of rotatable bonds is 10. The van der Waals surface area contributed by atoms with E-state index >= 15 is 0 Å². The number of carbonyl (C=O) groups is 4. The first-order valence-corrected chi connectivity index (χ1v) is 19.4. The number of allylic oxidation sites excluding steroid dienone is 2. The van der Waals surface area contributed by atoms with Crippen molar-refractivity contribution in [2.24, 2.45) is 50.2 Å². The van der Waals surface area contributed by atoms with Crippen molar-refractivity contribution in [2.45, 2.75) is 164 Å². The van der Waals surface area contributed by atoms with Gasteiger partial charge in [-0.1, -0.05) is 66.5 Å². The first kappa shape index (κ1) is 37.9. The molecule has 0 aliphatic heterocycles. The average molecular weight is 683 g/mol. The van der Waals surface area contributed by atoms with Gasteiger partial charge in [0.1, 0.15) is 12.1 Å². The van der Waals surface area contributed by atoms with Crippen LogP contribution in [-0.4, -0.2) is 47.6 Å². The van der Waals surface area contributed by atoms with Crippen molar-refractivity contribution in [2.75, 3.05) is 6.54 Å². The van der Waals surface area contributed by atoms with E-state index in [1.54, 1.807) is 12.5 Å². The van der Waals surface area contributed by atoms with Gasteiger partial charge in [0.25, 0.3) is 0 Å². The van der Waals surface area contributed by atoms with E-state index in [0.717, 1.165) is 70.6 Å². The number of nitrogens with one attached hydrogen (secondary N) is 2. The summed E-state index contributed by atoms with van der Waals surface area (Å²) in [6, 6.07) is -0.886. The van der Waals surface area contributed by atoms with Gasteiger partial charge in [0.2, 0.25) is 11.8 Å². The number of ether oxygens (including phenoxy) is 1. The summed E-state index contributed by atoms with van der Waals surface area (Å²) in [6.07, 6.45) is 15.6. The Kier molecular flexibility index (Phi) is 10.3. The molecule has 8 nitrogen and oxygen atoms in total. The summed E-state index contributed by atoms with van der Waals surface area (Å²) in [7, 11) is 0. The van der Waals surface area contributed by atoms with Gasteiger partial charge in [-0.2, -0.15) is 0 Å². The molecule has 5 aliphatic carbocycles. The number of carbonyl (C=O) groups excluding carboxylic acids is 3. The van der Waals surface area contributed by atoms with Gasteiger partial charge in [0.15, 0.2) is 0 Å². The van der Waals surface area contributed by atoms with E-state index in [2.05, 4.69) is 65.2 Å². The number of esters is 1. The highest BCUT2D eigenvalue weighted by Crippen LogP contribution is 2.75. The molecule has 0 heterocycles. The minimum atomic E-state index is -1.04. The van der Waals surface area contributed by atoms with Crippen LogP contribution in [0, 0.1) is 50.2 Å². The first-order chi connectivity index (χ1) is 22.7. The van der Waals surface area contributed by atoms with Crippen LogP contribution in [-0.2, 0) is 23.9 Å². The third-order valence-electron chi connectivity index (χ3n) is 15.5. The standard InChI is InChI=1S/C41H66N2O6/c1-26(34(46)47)43-33(45)13-11-10-12-24-42-35(48)41-22-20-36(3,4)25-29(41)28-14-15-31-38(7)18-17-32(49-27(2)44)37(5,6)30(38)16-19-40(31,9)39(28,8)21-23-41/h14,26,29-32H,10-13,15-25H2,1-9H3,(H,42,48)(H,43,45)(H,46,47)/t26-,29?,30?,31?,32-,38-,39+,40+,41-/m0/s1. The zero-order valence-corrected chi connectivity index (χ0v) is 32.1. The Morgan fingerprint density at radius 1 is 0.898 bits per heavy atom. The Hall–Kier alpha value is -2.38. The molecule has 49 heavy (non-hydrogen) atoms. The zero-order valence-electron chi connectivity index (χ0n) is 32.1. The lowest BCUT2D eigenvalue weighted by atomic mass is 9.33. The van der Waals surface area contributed by atoms with Crippen LogP contribution in [0.2, 0.25) is 0 Å². The van der Waals surface area contributed by atoms with E-state index in [1.807, 2.05) is 0 Å². The fourth-order valence-electron chi connectivity index (χ4n) is 12.4. The van der Waals surface area contributed by atoms with Gasteiger partial charge >= 0.3 is 11.9 Å². The van der Waals surface area contributed by atoms with Crippen LogP contribution >= 0.6 is 0 Å². The molecule has 276 valence electrons. The van der Waals surface area contributed by atoms with Crippen LogP contribution in [0.15, 0.2) is 11.6 Å². The molecule has 3 N–H and O–H groups in total. The molecule has 8 heteroatoms. The van der Waals surface area contributed by atoms with Gasteiger partial charge < -0.3 is 20.5 Å². The maximum Gasteiger partial charge on any atom is 0.325 e. The lowest BCUT2D eigenvalue weighted by molar-refractivity contribution is -0.212. The number of aliphatic carboxylic acids is 1. The highest BCUT2D eigenvalue weighted by atomic mass is 16.5. The van der Waals surface area contributed by atoms with Crippen LogP contribution in [0.5, 0.6) is 0 Å². The van der Waals surface area contributed by atoms with Crippen LogP contribution in [0.1, 0.15) is 152 Å². The van der Waals surface area contributed by atoms with Gasteiger partial charge in [-0.15, -0.1) is 0 Å². The summed E-state index contributed by atoms with van der Waals surface area (Å²) in [5.41, 5.74) is 1.67. The highest BCUT2D eigenvalue weighted by molar-refractivity contribution is 5.84. The second-order valence-electron chi connectivity index (χ2n) is 19.0. The molecular formula is C41H66N2O6. The SMILES string of the molecule is CC(=O)O[C@H]1CC[C@@]2(C)C(CC[C@]3(C)C2CC=C2C4CC(C)(C)CC[C@]4(C(=O)NCCCCCC(=O)N[C@@H](C)C(=O)O)CC[C@]23C)C1(C)C. The molecule has 4 saturated carbocycles. The molecule has 2 amide bonds. The molecule has 0 aromatic rings. The molecular weight excluding hydrogens is 616 g/mol. The summed E-state index contributed by atoms with van der Waals surface area (Å²) in [5.74, 6) is 0.0716. The van der Waals surface area contributed by atoms with Crippen LogP contribution < -0.4 is 10.6 Å². The second kappa shape index (κ2) is 13.3. The molecule has 0 radical (unpaired) electrons. The van der Waals surface area contributed by atoms with E-state index in [1.165, 1.54) is 13.3 Å². The minimum absolute atomic E-state index is 0.0249. The van der Waals surface area contributed by atoms with Crippen molar-refractivity contribution in [3.05, 3.63) is 11.6 Å². The fourth-order valence-corrected chi connectivity index (χ4v) is 12.4. The van der Waals surface area contributed by atoms with Gasteiger partial charge in [-0.25, -0.2) is 0 Å². The van der Waals surface area contributed by atoms with Gasteiger partial charge in [-0.3, -0.25) is 19.2 Å². The number of hydrogen-bond donors (Lipinski definition) is 3. The van der Waals surface area contributed by atoms with E-state index in [4.69, 9.17) is 9.84 Å². The quantitative estimate of drug-likeness (QED) is 0.122. The maximum atomic E-state index is 14.4. The third-order valence-corrected chi connectivity index (χ3v) is 15.5. The number of carboxylic acid groups (broad SMARTS) is 1. The van der Waals surface area contributed by atoms with Crippen LogP contribution in [0.4, 0.5) is 0 Å². The minimum Gasteiger partial charge on any atom is -0.480 e. The van der Waals surface area contributed by atoms with Crippen molar-refractivity contribution in [3.8, 4) is 0 Å². The van der Waals surface area contributed by atoms with Gasteiger partial charge in [-0.05, 0) is 123 Å². The van der Waals surface area contributed by atoms with Crippen molar-refractivity contribution >= 4 is 23.8 Å². The van der Waals surface area contributed by atoms with Crippen molar-refractivity contribution in [1.82, 2.24) is 10.6 Å². The maximum absolute atomic E-state index is 14.4. The summed E-state index contributed by atoms with van der Waals surface area (Å²) in [6.45, 7) is 20.8. The summed E-state index contributed by atoms with van der Waals surface area (Å²) < 4.78 is 5.93. The van der Waals surface area contributed by atoms with Crippen molar-refractivity contribution in [1.29, 1.82) is 0 Å². The van der Waals surface area contributed by atoms with E-state index in [-0.39, 0.29) is 62.3 Å². The second-order valence-corrected chi connectivity index (χ2v) is 19.0. The van der Waals surface area contributed by atoms with Crippen LogP contribution in [0.3, 0.4) is 0 Å². The number of carboxylic acids is 1. The van der Waals surface area contributed by atoms with E-state index < -0.39 is 12.0 Å². The molecule has 5 rings (SSSR count). The number of fused-ring (bicyclic) bond motifs is 7. The Balaban J connectivity index is 1.32. The summed E-state index contributed by atoms with van der Waals surface area (Å²) >= 11 is 0. The van der Waals surface area contributed by atoms with Crippen molar-refractivity contribution in [3.63, 3.8) is 0 Å².